The highest BCUT2D eigenvalue weighted by molar-refractivity contribution is 7.89. The van der Waals surface area contributed by atoms with E-state index in [1.165, 1.54) is 7.05 Å². The number of carboxylic acids is 1. The van der Waals surface area contributed by atoms with E-state index in [-0.39, 0.29) is 22.9 Å². The average molecular weight is 395 g/mol. The normalized spacial score (nSPS) is 22.8. The number of nitrogens with zero attached hydrogens (tertiary/aromatic N) is 1. The summed E-state index contributed by atoms with van der Waals surface area (Å²) in [6, 6.07) is 4.94. The maximum atomic E-state index is 12.6. The Labute approximate surface area is 159 Å². The third-order valence-corrected chi connectivity index (χ3v) is 6.97. The predicted molar refractivity (Wildman–Crippen MR) is 98.7 cm³/mol. The minimum atomic E-state index is -3.53. The highest BCUT2D eigenvalue weighted by Crippen LogP contribution is 2.27. The molecule has 0 bridgehead atoms. The molecule has 0 saturated heterocycles. The topological polar surface area (TPSA) is 116 Å². The first-order valence-electron chi connectivity index (χ1n) is 9.14. The molecule has 1 aromatic carbocycles. The number of carboxylic acid groups (broad SMARTS) is 1. The summed E-state index contributed by atoms with van der Waals surface area (Å²) in [6.07, 6.45) is 2.96. The summed E-state index contributed by atoms with van der Waals surface area (Å²) in [5, 5.41) is 12.1. The van der Waals surface area contributed by atoms with Gasteiger partial charge in [-0.25, -0.2) is 17.9 Å². The van der Waals surface area contributed by atoms with Gasteiger partial charge < -0.3 is 15.3 Å². The summed E-state index contributed by atoms with van der Waals surface area (Å²) in [7, 11) is -2.14. The van der Waals surface area contributed by atoms with Crippen molar-refractivity contribution in [1.82, 2.24) is 14.9 Å². The van der Waals surface area contributed by atoms with E-state index < -0.39 is 16.0 Å². The van der Waals surface area contributed by atoms with Gasteiger partial charge >= 0.3 is 12.0 Å². The highest BCUT2D eigenvalue weighted by Gasteiger charge is 2.30. The monoisotopic (exact) mass is 395 g/mol. The van der Waals surface area contributed by atoms with Crippen LogP contribution in [0.4, 0.5) is 4.79 Å². The van der Waals surface area contributed by atoms with Crippen molar-refractivity contribution in [3.63, 3.8) is 0 Å². The Hall–Kier alpha value is -2.13. The molecule has 0 radical (unpaired) electrons. The average Bonchev–Trinajstić information content (AvgIpc) is 2.67. The van der Waals surface area contributed by atoms with Crippen molar-refractivity contribution in [2.24, 2.45) is 5.92 Å². The number of sulfonamides is 1. The first-order chi connectivity index (χ1) is 12.8. The lowest BCUT2D eigenvalue weighted by Crippen LogP contribution is -2.48. The lowest BCUT2D eigenvalue weighted by Gasteiger charge is -2.33. The van der Waals surface area contributed by atoms with Gasteiger partial charge in [0.2, 0.25) is 10.0 Å². The summed E-state index contributed by atoms with van der Waals surface area (Å²) < 4.78 is 26.7. The maximum absolute atomic E-state index is 12.6. The second kappa shape index (κ2) is 7.85. The fourth-order valence-corrected chi connectivity index (χ4v) is 4.90. The quantitative estimate of drug-likeness (QED) is 0.711. The van der Waals surface area contributed by atoms with Crippen LogP contribution in [0.25, 0.3) is 0 Å². The van der Waals surface area contributed by atoms with Gasteiger partial charge in [0, 0.05) is 19.1 Å². The number of aliphatic carboxylic acids is 1. The number of carbonyl (C=O) groups is 2. The summed E-state index contributed by atoms with van der Waals surface area (Å²) in [5.41, 5.74) is 1.60. The molecule has 1 fully saturated rings. The number of benzene rings is 1. The third kappa shape index (κ3) is 4.24. The van der Waals surface area contributed by atoms with Crippen molar-refractivity contribution in [2.75, 3.05) is 13.6 Å². The van der Waals surface area contributed by atoms with E-state index in [0.29, 0.717) is 45.2 Å². The van der Waals surface area contributed by atoms with Gasteiger partial charge in [-0.1, -0.05) is 12.1 Å². The van der Waals surface area contributed by atoms with Gasteiger partial charge in [-0.15, -0.1) is 0 Å². The van der Waals surface area contributed by atoms with Gasteiger partial charge in [0.05, 0.1) is 10.8 Å². The fraction of sp³-hybridized carbons (Fsp3) is 0.556. The largest absolute Gasteiger partial charge is 0.481 e. The molecule has 2 amide bonds. The maximum Gasteiger partial charge on any atom is 0.317 e. The second-order valence-electron chi connectivity index (χ2n) is 7.11. The fourth-order valence-electron chi connectivity index (χ4n) is 3.86. The van der Waals surface area contributed by atoms with Crippen LogP contribution in [0.15, 0.2) is 23.1 Å². The minimum Gasteiger partial charge on any atom is -0.481 e. The number of fused-ring (bicyclic) bond motifs is 1. The summed E-state index contributed by atoms with van der Waals surface area (Å²) >= 11 is 0. The minimum absolute atomic E-state index is 0.00880. The molecular formula is C18H25N3O5S. The summed E-state index contributed by atoms with van der Waals surface area (Å²) in [4.78, 5) is 25.6. The molecule has 2 aliphatic rings. The standard InChI is InChI=1S/C18H25N3O5S/c1-19-27(25,26)16-4-2-3-13-11-21(10-9-15(13)16)18(24)20-14-7-5-12(6-8-14)17(22)23/h2-4,12,14,19H,5-11H2,1H3,(H,20,24)(H,22,23). The molecule has 3 N–H and O–H groups in total. The molecule has 1 heterocycles. The zero-order chi connectivity index (χ0) is 19.6. The number of nitrogens with one attached hydrogen (secondary N) is 2. The van der Waals surface area contributed by atoms with Crippen molar-refractivity contribution in [1.29, 1.82) is 0 Å². The van der Waals surface area contributed by atoms with Gasteiger partial charge in [0.1, 0.15) is 0 Å². The van der Waals surface area contributed by atoms with E-state index in [9.17, 15) is 18.0 Å². The molecule has 1 saturated carbocycles. The zero-order valence-electron chi connectivity index (χ0n) is 15.3. The van der Waals surface area contributed by atoms with Crippen LogP contribution in [0, 0.1) is 5.92 Å². The van der Waals surface area contributed by atoms with Crippen LogP contribution in [0.2, 0.25) is 0 Å². The Balaban J connectivity index is 1.64. The van der Waals surface area contributed by atoms with Crippen molar-refractivity contribution in [3.8, 4) is 0 Å². The van der Waals surface area contributed by atoms with E-state index in [4.69, 9.17) is 5.11 Å². The SMILES string of the molecule is CNS(=O)(=O)c1cccc2c1CCN(C(=O)NC1CCC(C(=O)O)CC1)C2. The molecule has 0 aromatic heterocycles. The third-order valence-electron chi connectivity index (χ3n) is 5.47. The van der Waals surface area contributed by atoms with E-state index in [2.05, 4.69) is 10.0 Å². The Morgan fingerprint density at radius 3 is 2.52 bits per heavy atom. The first-order valence-corrected chi connectivity index (χ1v) is 10.6. The van der Waals surface area contributed by atoms with Crippen LogP contribution in [-0.4, -0.2) is 50.1 Å². The van der Waals surface area contributed by atoms with Crippen LogP contribution < -0.4 is 10.0 Å². The molecule has 0 spiro atoms. The lowest BCUT2D eigenvalue weighted by atomic mass is 9.86. The van der Waals surface area contributed by atoms with E-state index >= 15 is 0 Å². The number of hydrogen-bond acceptors (Lipinski definition) is 4. The van der Waals surface area contributed by atoms with Crippen LogP contribution in [-0.2, 0) is 27.8 Å². The van der Waals surface area contributed by atoms with Gasteiger partial charge in [-0.05, 0) is 56.3 Å². The molecule has 27 heavy (non-hydrogen) atoms. The molecule has 1 aliphatic heterocycles. The molecule has 9 heteroatoms. The Bertz CT molecular complexity index is 831. The molecule has 0 atom stereocenters. The predicted octanol–water partition coefficient (Wildman–Crippen LogP) is 1.31. The molecule has 8 nitrogen and oxygen atoms in total. The van der Waals surface area contributed by atoms with Gasteiger partial charge in [0.15, 0.2) is 0 Å². The molecular weight excluding hydrogens is 370 g/mol. The highest BCUT2D eigenvalue weighted by atomic mass is 32.2. The van der Waals surface area contributed by atoms with E-state index in [1.54, 1.807) is 17.0 Å². The Morgan fingerprint density at radius 1 is 1.19 bits per heavy atom. The zero-order valence-corrected chi connectivity index (χ0v) is 16.1. The van der Waals surface area contributed by atoms with Crippen LogP contribution in [0.1, 0.15) is 36.8 Å². The van der Waals surface area contributed by atoms with Crippen molar-refractivity contribution < 1.29 is 23.1 Å². The number of urea groups is 1. The molecule has 148 valence electrons. The molecule has 0 unspecified atom stereocenters. The lowest BCUT2D eigenvalue weighted by molar-refractivity contribution is -0.142. The number of carbonyl (C=O) groups excluding carboxylic acids is 1. The van der Waals surface area contributed by atoms with E-state index in [1.807, 2.05) is 6.07 Å². The van der Waals surface area contributed by atoms with Crippen LogP contribution in [0.5, 0.6) is 0 Å². The van der Waals surface area contributed by atoms with Crippen molar-refractivity contribution in [2.45, 2.75) is 49.6 Å². The van der Waals surface area contributed by atoms with Gasteiger partial charge in [-0.3, -0.25) is 4.79 Å². The van der Waals surface area contributed by atoms with Gasteiger partial charge in [0.25, 0.3) is 0 Å². The number of hydrogen-bond donors (Lipinski definition) is 3. The Kier molecular flexibility index (Phi) is 5.71. The summed E-state index contributed by atoms with van der Waals surface area (Å²) in [6.45, 7) is 0.804. The number of rotatable bonds is 4. The molecule has 1 aromatic rings. The van der Waals surface area contributed by atoms with E-state index in [0.717, 1.165) is 11.1 Å². The van der Waals surface area contributed by atoms with Crippen LogP contribution >= 0.6 is 0 Å². The van der Waals surface area contributed by atoms with Crippen LogP contribution in [0.3, 0.4) is 0 Å². The Morgan fingerprint density at radius 2 is 1.89 bits per heavy atom. The molecule has 1 aliphatic carbocycles. The molecule has 3 rings (SSSR count). The van der Waals surface area contributed by atoms with Crippen molar-refractivity contribution >= 4 is 22.0 Å². The first kappa shape index (κ1) is 19.6. The second-order valence-corrected chi connectivity index (χ2v) is 8.96. The van der Waals surface area contributed by atoms with Crippen molar-refractivity contribution in [3.05, 3.63) is 29.3 Å². The number of amides is 2. The summed E-state index contributed by atoms with van der Waals surface area (Å²) in [5.74, 6) is -1.08. The van der Waals surface area contributed by atoms with Gasteiger partial charge in [-0.2, -0.15) is 0 Å². The smallest absolute Gasteiger partial charge is 0.317 e.